The van der Waals surface area contributed by atoms with Gasteiger partial charge in [0.15, 0.2) is 5.11 Å². The van der Waals surface area contributed by atoms with Gasteiger partial charge in [0.1, 0.15) is 12.4 Å². The van der Waals surface area contributed by atoms with Gasteiger partial charge in [-0.1, -0.05) is 23.7 Å². The number of nitrogens with one attached hydrogen (secondary N) is 2. The van der Waals surface area contributed by atoms with E-state index in [1.165, 1.54) is 22.6 Å². The standard InChI is InChI=1S/C19H21ClFN3S/c20-16-4-8-18(9-5-16)22-19(25)24-11-1-10-23(12-13-24)14-15-2-6-17(21)7-3-15/h2-9H,1,10-14H2,(H,22,25)/p+1. The molecule has 1 aliphatic heterocycles. The quantitative estimate of drug-likeness (QED) is 0.801. The molecule has 2 aromatic carbocycles. The summed E-state index contributed by atoms with van der Waals surface area (Å²) in [6.07, 6.45) is 1.08. The van der Waals surface area contributed by atoms with Crippen LogP contribution in [0, 0.1) is 5.82 Å². The van der Waals surface area contributed by atoms with Crippen LogP contribution in [0.1, 0.15) is 12.0 Å². The van der Waals surface area contributed by atoms with Gasteiger partial charge in [0, 0.05) is 29.2 Å². The molecule has 0 aromatic heterocycles. The van der Waals surface area contributed by atoms with Gasteiger partial charge in [-0.3, -0.25) is 0 Å². The molecule has 132 valence electrons. The Balaban J connectivity index is 1.52. The third-order valence-electron chi connectivity index (χ3n) is 4.44. The second-order valence-corrected chi connectivity index (χ2v) is 7.15. The zero-order valence-corrected chi connectivity index (χ0v) is 15.5. The minimum Gasteiger partial charge on any atom is -0.343 e. The highest BCUT2D eigenvalue weighted by molar-refractivity contribution is 7.80. The van der Waals surface area contributed by atoms with Crippen LogP contribution in [0.15, 0.2) is 48.5 Å². The number of anilines is 1. The van der Waals surface area contributed by atoms with Gasteiger partial charge in [-0.25, -0.2) is 4.39 Å². The smallest absolute Gasteiger partial charge is 0.173 e. The van der Waals surface area contributed by atoms with Gasteiger partial charge in [-0.15, -0.1) is 0 Å². The molecular formula is C19H22ClFN3S+. The molecule has 1 saturated heterocycles. The Morgan fingerprint density at radius 3 is 2.52 bits per heavy atom. The van der Waals surface area contributed by atoms with E-state index in [1.807, 2.05) is 36.4 Å². The van der Waals surface area contributed by atoms with Gasteiger partial charge in [0.05, 0.1) is 19.6 Å². The highest BCUT2D eigenvalue weighted by Gasteiger charge is 2.19. The summed E-state index contributed by atoms with van der Waals surface area (Å²) in [5.74, 6) is -0.181. The molecule has 1 heterocycles. The molecule has 0 radical (unpaired) electrons. The predicted molar refractivity (Wildman–Crippen MR) is 105 cm³/mol. The minimum atomic E-state index is -0.181. The first-order valence-corrected chi connectivity index (χ1v) is 9.28. The fraction of sp³-hybridized carbons (Fsp3) is 0.316. The number of hydrogen-bond acceptors (Lipinski definition) is 1. The van der Waals surface area contributed by atoms with E-state index in [0.29, 0.717) is 5.02 Å². The van der Waals surface area contributed by atoms with Gasteiger partial charge in [0.2, 0.25) is 0 Å². The second-order valence-electron chi connectivity index (χ2n) is 6.33. The number of rotatable bonds is 3. The average Bonchev–Trinajstić information content (AvgIpc) is 2.85. The fourth-order valence-corrected chi connectivity index (χ4v) is 3.48. The topological polar surface area (TPSA) is 19.7 Å². The van der Waals surface area contributed by atoms with Crippen LogP contribution in [0.25, 0.3) is 0 Å². The van der Waals surface area contributed by atoms with Crippen LogP contribution >= 0.6 is 23.8 Å². The highest BCUT2D eigenvalue weighted by atomic mass is 35.5. The lowest BCUT2D eigenvalue weighted by Crippen LogP contribution is -3.11. The first-order chi connectivity index (χ1) is 12.1. The Morgan fingerprint density at radius 1 is 1.08 bits per heavy atom. The molecule has 0 spiro atoms. The van der Waals surface area contributed by atoms with Crippen LogP contribution in [0.5, 0.6) is 0 Å². The normalized spacial score (nSPS) is 17.8. The molecule has 1 unspecified atom stereocenters. The van der Waals surface area contributed by atoms with E-state index in [9.17, 15) is 4.39 Å². The molecule has 3 nitrogen and oxygen atoms in total. The summed E-state index contributed by atoms with van der Waals surface area (Å²) in [6, 6.07) is 14.4. The number of benzene rings is 2. The van der Waals surface area contributed by atoms with Crippen LogP contribution in [0.4, 0.5) is 10.1 Å². The SMILES string of the molecule is Fc1ccc(C[NH+]2CCCN(C(=S)Nc3ccc(Cl)cc3)CC2)cc1. The summed E-state index contributed by atoms with van der Waals surface area (Å²) in [6.45, 7) is 4.89. The van der Waals surface area contributed by atoms with Crippen molar-refractivity contribution in [3.63, 3.8) is 0 Å². The van der Waals surface area contributed by atoms with Crippen molar-refractivity contribution in [3.05, 3.63) is 64.9 Å². The maximum atomic E-state index is 13.0. The molecule has 1 aliphatic rings. The number of thiocarbonyl (C=S) groups is 1. The summed E-state index contributed by atoms with van der Waals surface area (Å²) in [4.78, 5) is 3.73. The van der Waals surface area contributed by atoms with Crippen LogP contribution in [-0.2, 0) is 6.54 Å². The van der Waals surface area contributed by atoms with Crippen LogP contribution in [0.2, 0.25) is 5.02 Å². The molecule has 0 amide bonds. The van der Waals surface area contributed by atoms with Crippen molar-refractivity contribution >= 4 is 34.6 Å². The van der Waals surface area contributed by atoms with Crippen molar-refractivity contribution in [1.29, 1.82) is 0 Å². The van der Waals surface area contributed by atoms with Gasteiger partial charge in [-0.2, -0.15) is 0 Å². The Bertz CT molecular complexity index is 706. The predicted octanol–water partition coefficient (Wildman–Crippen LogP) is 2.97. The fourth-order valence-electron chi connectivity index (χ4n) is 3.06. The Morgan fingerprint density at radius 2 is 1.80 bits per heavy atom. The van der Waals surface area contributed by atoms with Crippen LogP contribution in [-0.4, -0.2) is 36.2 Å². The molecule has 1 fully saturated rings. The molecule has 2 aromatic rings. The summed E-state index contributed by atoms with van der Waals surface area (Å²) < 4.78 is 13.0. The van der Waals surface area contributed by atoms with Crippen molar-refractivity contribution in [1.82, 2.24) is 4.90 Å². The summed E-state index contributed by atoms with van der Waals surface area (Å²) in [7, 11) is 0. The van der Waals surface area contributed by atoms with E-state index in [1.54, 1.807) is 0 Å². The molecule has 1 atom stereocenters. The zero-order valence-electron chi connectivity index (χ0n) is 14.0. The molecule has 0 bridgehead atoms. The molecule has 2 N–H and O–H groups in total. The van der Waals surface area contributed by atoms with Gasteiger partial charge in [-0.05, 0) is 48.6 Å². The number of hydrogen-bond donors (Lipinski definition) is 2. The lowest BCUT2D eigenvalue weighted by molar-refractivity contribution is -0.911. The molecule has 0 aliphatic carbocycles. The number of halogens is 2. The maximum absolute atomic E-state index is 13.0. The van der Waals surface area contributed by atoms with Crippen molar-refractivity contribution in [2.75, 3.05) is 31.5 Å². The Labute approximate surface area is 158 Å². The highest BCUT2D eigenvalue weighted by Crippen LogP contribution is 2.14. The third-order valence-corrected chi connectivity index (χ3v) is 5.06. The van der Waals surface area contributed by atoms with Crippen molar-refractivity contribution in [2.45, 2.75) is 13.0 Å². The number of quaternary nitrogens is 1. The number of nitrogens with zero attached hydrogens (tertiary/aromatic N) is 1. The van der Waals surface area contributed by atoms with E-state index in [-0.39, 0.29) is 5.82 Å². The van der Waals surface area contributed by atoms with Gasteiger partial charge in [0.25, 0.3) is 0 Å². The summed E-state index contributed by atoms with van der Waals surface area (Å²) in [5, 5.41) is 4.75. The summed E-state index contributed by atoms with van der Waals surface area (Å²) in [5.41, 5.74) is 2.13. The monoisotopic (exact) mass is 378 g/mol. The van der Waals surface area contributed by atoms with E-state index in [2.05, 4.69) is 10.2 Å². The van der Waals surface area contributed by atoms with E-state index >= 15 is 0 Å². The second kappa shape index (κ2) is 8.61. The molecule has 25 heavy (non-hydrogen) atoms. The Hall–Kier alpha value is -1.69. The van der Waals surface area contributed by atoms with Gasteiger partial charge < -0.3 is 15.1 Å². The molecule has 0 saturated carbocycles. The van der Waals surface area contributed by atoms with E-state index < -0.39 is 0 Å². The van der Waals surface area contributed by atoms with Crippen molar-refractivity contribution < 1.29 is 9.29 Å². The summed E-state index contributed by atoms with van der Waals surface area (Å²) >= 11 is 11.5. The minimum absolute atomic E-state index is 0.181. The van der Waals surface area contributed by atoms with E-state index in [0.717, 1.165) is 49.9 Å². The van der Waals surface area contributed by atoms with Crippen LogP contribution in [0.3, 0.4) is 0 Å². The lowest BCUT2D eigenvalue weighted by atomic mass is 10.2. The molecule has 6 heteroatoms. The lowest BCUT2D eigenvalue weighted by Gasteiger charge is -2.23. The van der Waals surface area contributed by atoms with Crippen molar-refractivity contribution in [3.8, 4) is 0 Å². The molecule has 3 rings (SSSR count). The largest absolute Gasteiger partial charge is 0.343 e. The average molecular weight is 379 g/mol. The first-order valence-electron chi connectivity index (χ1n) is 8.50. The van der Waals surface area contributed by atoms with Crippen LogP contribution < -0.4 is 10.2 Å². The zero-order chi connectivity index (χ0) is 17.6. The van der Waals surface area contributed by atoms with Gasteiger partial charge >= 0.3 is 0 Å². The first kappa shape index (κ1) is 18.1. The maximum Gasteiger partial charge on any atom is 0.173 e. The van der Waals surface area contributed by atoms with Crippen molar-refractivity contribution in [2.24, 2.45) is 0 Å². The molecular weight excluding hydrogens is 357 g/mol. The Kier molecular flexibility index (Phi) is 6.24. The van der Waals surface area contributed by atoms with E-state index in [4.69, 9.17) is 23.8 Å². The third kappa shape index (κ3) is 5.39.